The summed E-state index contributed by atoms with van der Waals surface area (Å²) in [6, 6.07) is 7.49. The van der Waals surface area contributed by atoms with Gasteiger partial charge in [0, 0.05) is 11.7 Å². The van der Waals surface area contributed by atoms with Gasteiger partial charge < -0.3 is 10.6 Å². The van der Waals surface area contributed by atoms with Crippen LogP contribution in [0.25, 0.3) is 0 Å². The summed E-state index contributed by atoms with van der Waals surface area (Å²) < 4.78 is 0. The molecule has 2 N–H and O–H groups in total. The molecule has 0 aliphatic carbocycles. The topological polar surface area (TPSA) is 82.0 Å². The van der Waals surface area contributed by atoms with Crippen molar-refractivity contribution in [1.82, 2.24) is 0 Å². The van der Waals surface area contributed by atoms with E-state index in [2.05, 4.69) is 37.5 Å². The molecule has 1 atom stereocenters. The quantitative estimate of drug-likeness (QED) is 0.824. The van der Waals surface area contributed by atoms with E-state index in [0.717, 1.165) is 12.0 Å². The lowest BCUT2D eigenvalue weighted by atomic mass is 9.87. The molecule has 0 aliphatic heterocycles. The molecule has 0 fully saturated rings. The third kappa shape index (κ3) is 3.33. The van der Waals surface area contributed by atoms with E-state index >= 15 is 0 Å². The highest BCUT2D eigenvalue weighted by molar-refractivity contribution is 5.79. The van der Waals surface area contributed by atoms with Crippen LogP contribution >= 0.6 is 0 Å². The van der Waals surface area contributed by atoms with E-state index < -0.39 is 10.9 Å². The largest absolute Gasteiger partial charge is 0.377 e. The van der Waals surface area contributed by atoms with Crippen molar-refractivity contribution in [1.29, 1.82) is 5.26 Å². The lowest BCUT2D eigenvalue weighted by molar-refractivity contribution is 0.359. The Hall–Kier alpha value is -2.61. The summed E-state index contributed by atoms with van der Waals surface area (Å²) >= 11 is 0. The first-order valence-electron chi connectivity index (χ1n) is 8.09. The van der Waals surface area contributed by atoms with Crippen molar-refractivity contribution in [3.8, 4) is 6.07 Å². The van der Waals surface area contributed by atoms with Crippen LogP contribution in [-0.2, 0) is 6.42 Å². The number of nitrogens with zero attached hydrogens (tertiary/aromatic N) is 1. The fourth-order valence-electron chi connectivity index (χ4n) is 2.30. The van der Waals surface area contributed by atoms with Crippen LogP contribution < -0.4 is 21.5 Å². The molecule has 0 aliphatic rings. The van der Waals surface area contributed by atoms with Crippen LogP contribution in [0.4, 0.5) is 17.1 Å². The normalized spacial score (nSPS) is 12.7. The fraction of sp³-hybridized carbons (Fsp3) is 0.421. The number of nitriles is 1. The van der Waals surface area contributed by atoms with Crippen LogP contribution in [0.3, 0.4) is 0 Å². The highest BCUT2D eigenvalue weighted by atomic mass is 16.2. The number of hydrogen-bond acceptors (Lipinski definition) is 5. The van der Waals surface area contributed by atoms with Crippen molar-refractivity contribution >= 4 is 17.1 Å². The molecule has 0 amide bonds. The summed E-state index contributed by atoms with van der Waals surface area (Å²) in [5.74, 6) is 0. The molecular weight excluding hydrogens is 302 g/mol. The molecule has 5 heteroatoms. The van der Waals surface area contributed by atoms with E-state index in [-0.39, 0.29) is 11.5 Å². The molecule has 0 unspecified atom stereocenters. The first-order chi connectivity index (χ1) is 11.2. The molecule has 2 rings (SSSR count). The highest BCUT2D eigenvalue weighted by Gasteiger charge is 2.27. The number of benzene rings is 1. The highest BCUT2D eigenvalue weighted by Crippen LogP contribution is 2.27. The van der Waals surface area contributed by atoms with Gasteiger partial charge in [-0.15, -0.1) is 0 Å². The van der Waals surface area contributed by atoms with E-state index in [4.69, 9.17) is 5.26 Å². The van der Waals surface area contributed by atoms with Crippen LogP contribution in [0.15, 0.2) is 27.8 Å². The van der Waals surface area contributed by atoms with Crippen LogP contribution in [0.2, 0.25) is 0 Å². The van der Waals surface area contributed by atoms with Crippen LogP contribution in [-0.4, -0.2) is 6.04 Å². The van der Waals surface area contributed by atoms with Crippen molar-refractivity contribution in [2.45, 2.75) is 47.1 Å². The van der Waals surface area contributed by atoms with Crippen molar-refractivity contribution in [3.63, 3.8) is 0 Å². The number of anilines is 3. The monoisotopic (exact) mass is 325 g/mol. The van der Waals surface area contributed by atoms with Crippen molar-refractivity contribution in [2.24, 2.45) is 5.41 Å². The fourth-order valence-corrected chi connectivity index (χ4v) is 2.30. The standard InChI is InChI=1S/C19H23N3O2/c1-6-12-9-14(8-7-13(12)10-20)22-16-15(17(23)18(16)24)21-11(2)19(3,4)5/h7-9,11,21-22H,6H2,1-5H3/t11-/m1/s1. The average molecular weight is 325 g/mol. The van der Waals surface area contributed by atoms with Crippen LogP contribution in [0.1, 0.15) is 45.7 Å². The maximum Gasteiger partial charge on any atom is 0.253 e. The molecule has 0 spiro atoms. The van der Waals surface area contributed by atoms with Crippen molar-refractivity contribution in [3.05, 3.63) is 49.8 Å². The average Bonchev–Trinajstić information content (AvgIpc) is 2.56. The Bertz CT molecular complexity index is 862. The Kier molecular flexibility index (Phi) is 4.79. The first-order valence-corrected chi connectivity index (χ1v) is 8.09. The van der Waals surface area contributed by atoms with Crippen molar-refractivity contribution < 1.29 is 0 Å². The van der Waals surface area contributed by atoms with Gasteiger partial charge in [0.15, 0.2) is 0 Å². The molecule has 0 heterocycles. The Balaban J connectivity index is 2.29. The Morgan fingerprint density at radius 2 is 1.79 bits per heavy atom. The lowest BCUT2D eigenvalue weighted by Crippen LogP contribution is -2.41. The summed E-state index contributed by atoms with van der Waals surface area (Å²) in [7, 11) is 0. The van der Waals surface area contributed by atoms with Gasteiger partial charge in [-0.1, -0.05) is 27.7 Å². The maximum atomic E-state index is 11.9. The van der Waals surface area contributed by atoms with E-state index in [9.17, 15) is 9.59 Å². The molecule has 5 nitrogen and oxygen atoms in total. The smallest absolute Gasteiger partial charge is 0.253 e. The van der Waals surface area contributed by atoms with Gasteiger partial charge in [-0.3, -0.25) is 9.59 Å². The van der Waals surface area contributed by atoms with Crippen molar-refractivity contribution in [2.75, 3.05) is 10.6 Å². The molecule has 0 saturated heterocycles. The molecule has 0 saturated carbocycles. The molecule has 126 valence electrons. The zero-order valence-corrected chi connectivity index (χ0v) is 14.8. The molecule has 0 aromatic heterocycles. The summed E-state index contributed by atoms with van der Waals surface area (Å²) in [6.45, 7) is 10.2. The van der Waals surface area contributed by atoms with Gasteiger partial charge in [0.1, 0.15) is 11.4 Å². The maximum absolute atomic E-state index is 11.9. The Morgan fingerprint density at radius 1 is 1.17 bits per heavy atom. The Morgan fingerprint density at radius 3 is 2.33 bits per heavy atom. The summed E-state index contributed by atoms with van der Waals surface area (Å²) in [5.41, 5.74) is 1.81. The molecule has 24 heavy (non-hydrogen) atoms. The Labute approximate surface area is 142 Å². The predicted octanol–water partition coefficient (Wildman–Crippen LogP) is 3.31. The van der Waals surface area contributed by atoms with Gasteiger partial charge in [-0.25, -0.2) is 0 Å². The van der Waals surface area contributed by atoms with E-state index in [1.807, 2.05) is 19.9 Å². The van der Waals surface area contributed by atoms with E-state index in [1.54, 1.807) is 12.1 Å². The number of rotatable bonds is 5. The molecule has 0 radical (unpaired) electrons. The zero-order chi connectivity index (χ0) is 18.1. The number of hydrogen-bond donors (Lipinski definition) is 2. The van der Waals surface area contributed by atoms with E-state index in [0.29, 0.717) is 22.6 Å². The van der Waals surface area contributed by atoms with Crippen LogP contribution in [0.5, 0.6) is 0 Å². The van der Waals surface area contributed by atoms with Gasteiger partial charge >= 0.3 is 0 Å². The summed E-state index contributed by atoms with van der Waals surface area (Å²) in [6.07, 6.45) is 0.719. The number of nitrogens with one attached hydrogen (secondary N) is 2. The van der Waals surface area contributed by atoms with Gasteiger partial charge in [0.25, 0.3) is 10.9 Å². The second-order valence-electron chi connectivity index (χ2n) is 7.10. The first kappa shape index (κ1) is 17.7. The molecule has 2 aromatic carbocycles. The zero-order valence-electron chi connectivity index (χ0n) is 14.8. The van der Waals surface area contributed by atoms with Gasteiger partial charge in [0.2, 0.25) is 0 Å². The number of aryl methyl sites for hydroxylation is 1. The molecule has 2 aromatic rings. The third-order valence-corrected chi connectivity index (χ3v) is 4.45. The SMILES string of the molecule is CCc1cc(Nc2c(N[C@H](C)C(C)(C)C)c(=O)c2=O)ccc1C#N. The minimum Gasteiger partial charge on any atom is -0.377 e. The van der Waals surface area contributed by atoms with Gasteiger partial charge in [-0.2, -0.15) is 5.26 Å². The van der Waals surface area contributed by atoms with Gasteiger partial charge in [-0.05, 0) is 42.5 Å². The molecule has 0 bridgehead atoms. The lowest BCUT2D eigenvalue weighted by Gasteiger charge is -2.30. The minimum atomic E-state index is -0.513. The second-order valence-corrected chi connectivity index (χ2v) is 7.10. The summed E-state index contributed by atoms with van der Waals surface area (Å²) in [4.78, 5) is 23.8. The second kappa shape index (κ2) is 6.48. The summed E-state index contributed by atoms with van der Waals surface area (Å²) in [5, 5.41) is 15.3. The predicted molar refractivity (Wildman–Crippen MR) is 97.7 cm³/mol. The molecular formula is C19H23N3O2. The van der Waals surface area contributed by atoms with Crippen LogP contribution in [0, 0.1) is 16.7 Å². The van der Waals surface area contributed by atoms with E-state index in [1.165, 1.54) is 0 Å². The van der Waals surface area contributed by atoms with Gasteiger partial charge in [0.05, 0.1) is 11.6 Å². The minimum absolute atomic E-state index is 0.0357. The third-order valence-electron chi connectivity index (χ3n) is 4.45.